The van der Waals surface area contributed by atoms with E-state index in [0.717, 1.165) is 6.42 Å². The number of hydrogen-bond acceptors (Lipinski definition) is 4. The lowest BCUT2D eigenvalue weighted by Gasteiger charge is -2.11. The van der Waals surface area contributed by atoms with E-state index >= 15 is 0 Å². The van der Waals surface area contributed by atoms with Crippen molar-refractivity contribution < 1.29 is 13.9 Å². The van der Waals surface area contributed by atoms with Gasteiger partial charge in [-0.2, -0.15) is 0 Å². The summed E-state index contributed by atoms with van der Waals surface area (Å²) >= 11 is 0. The van der Waals surface area contributed by atoms with Crippen LogP contribution >= 0.6 is 0 Å². The van der Waals surface area contributed by atoms with Crippen LogP contribution in [-0.2, 0) is 11.2 Å². The van der Waals surface area contributed by atoms with Crippen LogP contribution in [0.5, 0.6) is 5.75 Å². The summed E-state index contributed by atoms with van der Waals surface area (Å²) in [6.07, 6.45) is 1.33. The largest absolute Gasteiger partial charge is 0.427 e. The van der Waals surface area contributed by atoms with Gasteiger partial charge in [0, 0.05) is 18.9 Å². The fourth-order valence-corrected chi connectivity index (χ4v) is 1.52. The summed E-state index contributed by atoms with van der Waals surface area (Å²) < 4.78 is 10.3. The lowest BCUT2D eigenvalue weighted by atomic mass is 10.0. The molecule has 0 radical (unpaired) electrons. The summed E-state index contributed by atoms with van der Waals surface area (Å²) in [5, 5.41) is 0. The van der Waals surface area contributed by atoms with Gasteiger partial charge < -0.3 is 9.15 Å². The number of ether oxygens (including phenoxy) is 1. The number of rotatable bonds is 4. The topological polar surface area (TPSA) is 56.5 Å². The number of hydrogen-bond donors (Lipinski definition) is 0. The Bertz CT molecular complexity index is 459. The van der Waals surface area contributed by atoms with Crippen LogP contribution in [0.1, 0.15) is 51.4 Å². The highest BCUT2D eigenvalue weighted by atomic mass is 16.5. The molecule has 4 nitrogen and oxygen atoms in total. The summed E-state index contributed by atoms with van der Waals surface area (Å²) in [4.78, 5) is 22.7. The third kappa shape index (κ3) is 3.19. The zero-order valence-electron chi connectivity index (χ0n) is 10.7. The van der Waals surface area contributed by atoms with Crippen molar-refractivity contribution in [3.05, 3.63) is 27.8 Å². The van der Waals surface area contributed by atoms with Crippen LogP contribution in [0, 0.1) is 0 Å². The normalized spacial score (nSPS) is 12.2. The minimum Gasteiger partial charge on any atom is -0.427 e. The zero-order chi connectivity index (χ0) is 13.0. The molecule has 0 aliphatic rings. The van der Waals surface area contributed by atoms with Crippen LogP contribution in [-0.4, -0.2) is 5.97 Å². The van der Waals surface area contributed by atoms with Crippen LogP contribution in [0.3, 0.4) is 0 Å². The molecule has 1 aromatic heterocycles. The minimum atomic E-state index is -0.430. The summed E-state index contributed by atoms with van der Waals surface area (Å²) in [5.74, 6) is 0.584. The second-order valence-electron chi connectivity index (χ2n) is 4.04. The average Bonchev–Trinajstić information content (AvgIpc) is 2.26. The molecule has 0 fully saturated rings. The third-order valence-electron chi connectivity index (χ3n) is 2.73. The minimum absolute atomic E-state index is 0.128. The second kappa shape index (κ2) is 5.66. The van der Waals surface area contributed by atoms with Gasteiger partial charge in [0.15, 0.2) is 0 Å². The van der Waals surface area contributed by atoms with Gasteiger partial charge in [-0.05, 0) is 12.8 Å². The summed E-state index contributed by atoms with van der Waals surface area (Å²) in [6, 6.07) is 1.65. The highest BCUT2D eigenvalue weighted by Gasteiger charge is 2.16. The Morgan fingerprint density at radius 2 is 2.12 bits per heavy atom. The van der Waals surface area contributed by atoms with Crippen LogP contribution in [0.15, 0.2) is 15.3 Å². The first-order valence-electron chi connectivity index (χ1n) is 5.84. The van der Waals surface area contributed by atoms with E-state index in [9.17, 15) is 9.59 Å². The summed E-state index contributed by atoms with van der Waals surface area (Å²) in [5.41, 5.74) is -0.00574. The van der Waals surface area contributed by atoms with Crippen LogP contribution in [0.25, 0.3) is 0 Å². The molecule has 0 saturated carbocycles. The standard InChI is InChI=1S/C13H18O4/c1-5-8(3)11-7-12(16-9(4)14)10(6-2)13(15)17-11/h7-8H,5-6H2,1-4H3. The molecule has 17 heavy (non-hydrogen) atoms. The van der Waals surface area contributed by atoms with Crippen molar-refractivity contribution in [1.82, 2.24) is 0 Å². The van der Waals surface area contributed by atoms with Gasteiger partial charge in [0.25, 0.3) is 0 Å². The molecule has 0 saturated heterocycles. The first-order valence-corrected chi connectivity index (χ1v) is 5.84. The molecular formula is C13H18O4. The van der Waals surface area contributed by atoms with Crippen molar-refractivity contribution in [2.45, 2.75) is 46.5 Å². The summed E-state index contributed by atoms with van der Waals surface area (Å²) in [7, 11) is 0. The van der Waals surface area contributed by atoms with E-state index in [-0.39, 0.29) is 5.92 Å². The third-order valence-corrected chi connectivity index (χ3v) is 2.73. The number of esters is 1. The van der Waals surface area contributed by atoms with Crippen LogP contribution < -0.4 is 10.4 Å². The van der Waals surface area contributed by atoms with E-state index in [1.54, 1.807) is 6.07 Å². The molecule has 1 heterocycles. The van der Waals surface area contributed by atoms with E-state index in [1.165, 1.54) is 6.92 Å². The predicted octanol–water partition coefficient (Wildman–Crippen LogP) is 2.64. The maximum atomic E-state index is 11.7. The molecule has 1 atom stereocenters. The Kier molecular flexibility index (Phi) is 4.49. The molecule has 1 rings (SSSR count). The fraction of sp³-hybridized carbons (Fsp3) is 0.538. The van der Waals surface area contributed by atoms with Gasteiger partial charge in [-0.25, -0.2) is 4.79 Å². The van der Waals surface area contributed by atoms with Crippen molar-refractivity contribution in [1.29, 1.82) is 0 Å². The number of carbonyl (C=O) groups is 1. The average molecular weight is 238 g/mol. The Labute approximate surface area is 101 Å². The highest BCUT2D eigenvalue weighted by molar-refractivity contribution is 5.69. The maximum absolute atomic E-state index is 11.7. The number of carbonyl (C=O) groups excluding carboxylic acids is 1. The van der Waals surface area contributed by atoms with Gasteiger partial charge >= 0.3 is 11.6 Å². The highest BCUT2D eigenvalue weighted by Crippen LogP contribution is 2.24. The molecule has 0 amide bonds. The Morgan fingerprint density at radius 1 is 1.47 bits per heavy atom. The van der Waals surface area contributed by atoms with E-state index in [1.807, 2.05) is 20.8 Å². The van der Waals surface area contributed by atoms with Crippen LogP contribution in [0.4, 0.5) is 0 Å². The van der Waals surface area contributed by atoms with Crippen molar-refractivity contribution in [3.8, 4) is 5.75 Å². The molecule has 94 valence electrons. The van der Waals surface area contributed by atoms with Gasteiger partial charge in [-0.3, -0.25) is 4.79 Å². The Morgan fingerprint density at radius 3 is 2.59 bits per heavy atom. The quantitative estimate of drug-likeness (QED) is 0.757. The first kappa shape index (κ1) is 13.5. The van der Waals surface area contributed by atoms with Crippen molar-refractivity contribution in [2.75, 3.05) is 0 Å². The van der Waals surface area contributed by atoms with E-state index in [4.69, 9.17) is 9.15 Å². The molecule has 0 bridgehead atoms. The fourth-order valence-electron chi connectivity index (χ4n) is 1.52. The monoisotopic (exact) mass is 238 g/mol. The maximum Gasteiger partial charge on any atom is 0.342 e. The second-order valence-corrected chi connectivity index (χ2v) is 4.04. The van der Waals surface area contributed by atoms with E-state index < -0.39 is 11.6 Å². The summed E-state index contributed by atoms with van der Waals surface area (Å²) in [6.45, 7) is 7.10. The Hall–Kier alpha value is -1.58. The van der Waals surface area contributed by atoms with Gasteiger partial charge in [-0.1, -0.05) is 20.8 Å². The molecule has 0 aliphatic carbocycles. The van der Waals surface area contributed by atoms with Gasteiger partial charge in [0.2, 0.25) is 0 Å². The van der Waals surface area contributed by atoms with Crippen molar-refractivity contribution in [2.24, 2.45) is 0 Å². The molecule has 0 aromatic carbocycles. The van der Waals surface area contributed by atoms with Gasteiger partial charge in [0.1, 0.15) is 11.5 Å². The lowest BCUT2D eigenvalue weighted by Crippen LogP contribution is -2.14. The molecular weight excluding hydrogens is 220 g/mol. The van der Waals surface area contributed by atoms with Gasteiger partial charge in [-0.15, -0.1) is 0 Å². The predicted molar refractivity (Wildman–Crippen MR) is 64.4 cm³/mol. The molecule has 0 spiro atoms. The van der Waals surface area contributed by atoms with Crippen molar-refractivity contribution in [3.63, 3.8) is 0 Å². The Balaban J connectivity index is 3.28. The molecule has 0 aliphatic heterocycles. The lowest BCUT2D eigenvalue weighted by molar-refractivity contribution is -0.131. The van der Waals surface area contributed by atoms with Gasteiger partial charge in [0.05, 0.1) is 5.56 Å². The molecule has 4 heteroatoms. The smallest absolute Gasteiger partial charge is 0.342 e. The molecule has 1 unspecified atom stereocenters. The first-order chi connectivity index (χ1) is 7.99. The van der Waals surface area contributed by atoms with Crippen molar-refractivity contribution >= 4 is 5.97 Å². The zero-order valence-corrected chi connectivity index (χ0v) is 10.7. The SMILES string of the molecule is CCc1c(OC(C)=O)cc(C(C)CC)oc1=O. The van der Waals surface area contributed by atoms with E-state index in [0.29, 0.717) is 23.5 Å². The van der Waals surface area contributed by atoms with Crippen LogP contribution in [0.2, 0.25) is 0 Å². The molecule has 1 aromatic rings. The van der Waals surface area contributed by atoms with E-state index in [2.05, 4.69) is 0 Å². The molecule has 0 N–H and O–H groups in total.